The predicted molar refractivity (Wildman–Crippen MR) is 238 cm³/mol. The third-order valence-electron chi connectivity index (χ3n) is 11.5. The van der Waals surface area contributed by atoms with Gasteiger partial charge < -0.3 is 20.1 Å². The second-order valence-electron chi connectivity index (χ2n) is 16.3. The maximum absolute atomic E-state index is 12.9. The van der Waals surface area contributed by atoms with Gasteiger partial charge in [-0.25, -0.2) is 0 Å². The zero-order valence-corrected chi connectivity index (χ0v) is 35.5. The Kier molecular flexibility index (Phi) is 19.6. The van der Waals surface area contributed by atoms with Gasteiger partial charge in [0.1, 0.15) is 11.5 Å². The summed E-state index contributed by atoms with van der Waals surface area (Å²) in [5.41, 5.74) is 4.47. The van der Waals surface area contributed by atoms with Crippen LogP contribution in [0.1, 0.15) is 198 Å². The van der Waals surface area contributed by atoms with E-state index in [1.165, 1.54) is 89.9 Å². The predicted octanol–water partition coefficient (Wildman–Crippen LogP) is 12.1. The van der Waals surface area contributed by atoms with Crippen molar-refractivity contribution in [3.63, 3.8) is 0 Å². The maximum Gasteiger partial charge on any atom is 0.251 e. The molecule has 0 spiro atoms. The molecule has 310 valence electrons. The van der Waals surface area contributed by atoms with Crippen molar-refractivity contribution >= 4 is 11.8 Å². The van der Waals surface area contributed by atoms with Crippen molar-refractivity contribution in [2.75, 3.05) is 13.2 Å². The molecular weight excluding hydrogens is 717 g/mol. The molecule has 0 heterocycles. The van der Waals surface area contributed by atoms with E-state index in [1.54, 1.807) is 0 Å². The first-order valence-electron chi connectivity index (χ1n) is 22.8. The summed E-state index contributed by atoms with van der Waals surface area (Å²) in [5, 5.41) is 6.42. The summed E-state index contributed by atoms with van der Waals surface area (Å²) in [6, 6.07) is 19.6. The van der Waals surface area contributed by atoms with Crippen molar-refractivity contribution in [2.24, 2.45) is 0 Å². The Morgan fingerprint density at radius 3 is 1.24 bits per heavy atom. The molecule has 2 saturated carbocycles. The highest BCUT2D eigenvalue weighted by Gasteiger charge is 2.18. The lowest BCUT2D eigenvalue weighted by atomic mass is 9.95. The van der Waals surface area contributed by atoms with Gasteiger partial charge in [0, 0.05) is 46.5 Å². The van der Waals surface area contributed by atoms with E-state index in [0.717, 1.165) is 73.6 Å². The topological polar surface area (TPSA) is 76.7 Å². The quantitative estimate of drug-likeness (QED) is 0.0884. The minimum atomic E-state index is -0.0169. The van der Waals surface area contributed by atoms with Crippen LogP contribution in [-0.2, 0) is 0 Å². The molecule has 0 bridgehead atoms. The van der Waals surface area contributed by atoms with Gasteiger partial charge in [-0.1, -0.05) is 140 Å². The number of hydrogen-bond donors (Lipinski definition) is 2. The van der Waals surface area contributed by atoms with Crippen LogP contribution in [0.2, 0.25) is 0 Å². The molecule has 2 aliphatic carbocycles. The van der Waals surface area contributed by atoms with Gasteiger partial charge in [0.25, 0.3) is 11.8 Å². The zero-order valence-electron chi connectivity index (χ0n) is 35.5. The third kappa shape index (κ3) is 15.6. The fourth-order valence-electron chi connectivity index (χ4n) is 7.84. The van der Waals surface area contributed by atoms with Crippen LogP contribution in [0.25, 0.3) is 0 Å². The smallest absolute Gasteiger partial charge is 0.251 e. The van der Waals surface area contributed by atoms with E-state index in [-0.39, 0.29) is 23.9 Å². The monoisotopic (exact) mass is 785 g/mol. The standard InChI is InChI=1S/C52H68N2O4/c1-3-5-7-9-11-19-37-57-49-39-46(36-30-42-27-33-44(34-28-42)52(56)54-48-23-17-14-18-24-48)50(58-38-20-12-10-8-6-4-2)40-45(49)35-29-41-25-31-43(32-26-41)51(55)53-47-21-15-13-16-22-47/h25-28,31-34,39-40,47-48H,3-24,37-38H2,1-2H3,(H,53,55)(H,54,56). The van der Waals surface area contributed by atoms with Crippen LogP contribution >= 0.6 is 0 Å². The second-order valence-corrected chi connectivity index (χ2v) is 16.3. The lowest BCUT2D eigenvalue weighted by Crippen LogP contribution is -2.36. The largest absolute Gasteiger partial charge is 0.492 e. The van der Waals surface area contributed by atoms with E-state index in [9.17, 15) is 9.59 Å². The molecule has 0 radical (unpaired) electrons. The Bertz CT molecular complexity index is 1680. The number of hydrogen-bond acceptors (Lipinski definition) is 4. The van der Waals surface area contributed by atoms with E-state index in [0.29, 0.717) is 35.8 Å². The van der Waals surface area contributed by atoms with Crippen LogP contribution < -0.4 is 20.1 Å². The summed E-state index contributed by atoms with van der Waals surface area (Å²) in [5.74, 6) is 14.8. The van der Waals surface area contributed by atoms with Crippen LogP contribution in [0, 0.1) is 23.7 Å². The van der Waals surface area contributed by atoms with Gasteiger partial charge in [-0.05, 0) is 87.1 Å². The van der Waals surface area contributed by atoms with Crippen molar-refractivity contribution < 1.29 is 19.1 Å². The highest BCUT2D eigenvalue weighted by atomic mass is 16.5. The second kappa shape index (κ2) is 25.6. The molecule has 3 aromatic rings. The molecule has 2 amide bonds. The SMILES string of the molecule is CCCCCCCCOc1cc(C#Cc2ccc(C(=O)NC3CCCCC3)cc2)c(OCCCCCCCC)cc1C#Cc1ccc(C(=O)NC2CCCCC2)cc1. The first-order chi connectivity index (χ1) is 28.5. The Morgan fingerprint density at radius 2 is 0.862 bits per heavy atom. The number of unbranched alkanes of at least 4 members (excludes halogenated alkanes) is 10. The van der Waals surface area contributed by atoms with Gasteiger partial charge in [-0.2, -0.15) is 0 Å². The summed E-state index contributed by atoms with van der Waals surface area (Å²) in [4.78, 5) is 25.9. The highest BCUT2D eigenvalue weighted by molar-refractivity contribution is 5.95. The fraction of sp³-hybridized carbons (Fsp3) is 0.538. The summed E-state index contributed by atoms with van der Waals surface area (Å²) in [6.45, 7) is 5.67. The lowest BCUT2D eigenvalue weighted by molar-refractivity contribution is 0.0919. The van der Waals surface area contributed by atoms with Gasteiger partial charge >= 0.3 is 0 Å². The normalized spacial score (nSPS) is 14.4. The van der Waals surface area contributed by atoms with E-state index in [2.05, 4.69) is 48.2 Å². The Balaban J connectivity index is 1.36. The molecule has 58 heavy (non-hydrogen) atoms. The molecule has 0 aliphatic heterocycles. The van der Waals surface area contributed by atoms with Crippen LogP contribution in [0.15, 0.2) is 60.7 Å². The minimum absolute atomic E-state index is 0.0169. The van der Waals surface area contributed by atoms with Gasteiger partial charge in [0.2, 0.25) is 0 Å². The van der Waals surface area contributed by atoms with Crippen LogP contribution in [0.5, 0.6) is 11.5 Å². The number of benzene rings is 3. The molecule has 0 saturated heterocycles. The Hall–Kier alpha value is -4.68. The van der Waals surface area contributed by atoms with E-state index < -0.39 is 0 Å². The van der Waals surface area contributed by atoms with Gasteiger partial charge in [0.15, 0.2) is 0 Å². The summed E-state index contributed by atoms with van der Waals surface area (Å²) in [7, 11) is 0. The Labute approximate surface area is 350 Å². The molecule has 5 rings (SSSR count). The van der Waals surface area contributed by atoms with Crippen molar-refractivity contribution in [2.45, 2.75) is 167 Å². The maximum atomic E-state index is 12.9. The van der Waals surface area contributed by atoms with Crippen LogP contribution in [0.3, 0.4) is 0 Å². The molecular formula is C52H68N2O4. The summed E-state index contributed by atoms with van der Waals surface area (Å²) in [6.07, 6.45) is 25.6. The molecule has 6 nitrogen and oxygen atoms in total. The van der Waals surface area contributed by atoms with Crippen molar-refractivity contribution in [3.8, 4) is 35.2 Å². The number of ether oxygens (including phenoxy) is 2. The highest BCUT2D eigenvalue weighted by Crippen LogP contribution is 2.30. The first kappa shape index (κ1) is 44.4. The average molecular weight is 785 g/mol. The lowest BCUT2D eigenvalue weighted by Gasteiger charge is -2.22. The van der Waals surface area contributed by atoms with Crippen LogP contribution in [0.4, 0.5) is 0 Å². The van der Waals surface area contributed by atoms with E-state index >= 15 is 0 Å². The molecule has 2 aliphatic rings. The molecule has 6 heteroatoms. The average Bonchev–Trinajstić information content (AvgIpc) is 3.26. The number of carbonyl (C=O) groups is 2. The minimum Gasteiger partial charge on any atom is -0.492 e. The third-order valence-corrected chi connectivity index (χ3v) is 11.5. The van der Waals surface area contributed by atoms with E-state index in [4.69, 9.17) is 9.47 Å². The molecule has 2 fully saturated rings. The number of nitrogens with one attached hydrogen (secondary N) is 2. The zero-order chi connectivity index (χ0) is 40.6. The number of carbonyl (C=O) groups excluding carboxylic acids is 2. The summed E-state index contributed by atoms with van der Waals surface area (Å²) < 4.78 is 12.9. The number of amides is 2. The summed E-state index contributed by atoms with van der Waals surface area (Å²) >= 11 is 0. The number of rotatable bonds is 20. The Morgan fingerprint density at radius 1 is 0.500 bits per heavy atom. The van der Waals surface area contributed by atoms with Crippen molar-refractivity contribution in [3.05, 3.63) is 94.0 Å². The molecule has 0 aromatic heterocycles. The molecule has 2 N–H and O–H groups in total. The van der Waals surface area contributed by atoms with Crippen molar-refractivity contribution in [1.82, 2.24) is 10.6 Å². The molecule has 3 aromatic carbocycles. The van der Waals surface area contributed by atoms with Crippen LogP contribution in [-0.4, -0.2) is 37.1 Å². The first-order valence-corrected chi connectivity index (χ1v) is 22.8. The fourth-order valence-corrected chi connectivity index (χ4v) is 7.84. The van der Waals surface area contributed by atoms with Gasteiger partial charge in [-0.15, -0.1) is 0 Å². The van der Waals surface area contributed by atoms with Crippen molar-refractivity contribution in [1.29, 1.82) is 0 Å². The van der Waals surface area contributed by atoms with Gasteiger partial charge in [-0.3, -0.25) is 9.59 Å². The molecule has 0 atom stereocenters. The van der Waals surface area contributed by atoms with E-state index in [1.807, 2.05) is 60.7 Å². The van der Waals surface area contributed by atoms with Gasteiger partial charge in [0.05, 0.1) is 24.3 Å². The molecule has 0 unspecified atom stereocenters.